The smallest absolute Gasteiger partial charge is 0.200 e. The largest absolute Gasteiger partial charge is 0.460 e. The summed E-state index contributed by atoms with van der Waals surface area (Å²) in [5, 5.41) is 7.86. The van der Waals surface area contributed by atoms with Gasteiger partial charge in [-0.05, 0) is 0 Å². The fourth-order valence-electron chi connectivity index (χ4n) is 1.17. The number of rotatable bonds is 6. The Balaban J connectivity index is 6.10. The Bertz CT molecular complexity index is 469. The minimum atomic E-state index is -7.89. The minimum Gasteiger partial charge on any atom is -0.200 e. The lowest BCUT2D eigenvalue weighted by molar-refractivity contribution is -0.440. The summed E-state index contributed by atoms with van der Waals surface area (Å²) < 4.78 is 163. The van der Waals surface area contributed by atoms with Gasteiger partial charge in [-0.25, -0.2) is 0 Å². The molecule has 0 N–H and O–H groups in total. The van der Waals surface area contributed by atoms with E-state index in [0.29, 0.717) is 0 Å². The fourth-order valence-corrected chi connectivity index (χ4v) is 1.17. The molecule has 0 spiro atoms. The van der Waals surface area contributed by atoms with Crippen LogP contribution in [0.2, 0.25) is 0 Å². The van der Waals surface area contributed by atoms with Crippen LogP contribution in [0.3, 0.4) is 0 Å². The summed E-state index contributed by atoms with van der Waals surface area (Å²) >= 11 is 0. The van der Waals surface area contributed by atoms with Crippen LogP contribution in [0.25, 0.3) is 0 Å². The van der Waals surface area contributed by atoms with E-state index in [1.54, 1.807) is 0 Å². The van der Waals surface area contributed by atoms with Crippen molar-refractivity contribution >= 4 is 0 Å². The van der Waals surface area contributed by atoms with E-state index in [-0.39, 0.29) is 0 Å². The number of nitriles is 1. The van der Waals surface area contributed by atoms with Crippen molar-refractivity contribution < 1.29 is 57.1 Å². The molecule has 0 aromatic carbocycles. The average Bonchev–Trinajstić information content (AvgIpc) is 2.34. The highest BCUT2D eigenvalue weighted by Crippen LogP contribution is 2.60. The van der Waals surface area contributed by atoms with Crippen LogP contribution in [0.4, 0.5) is 57.1 Å². The standard InChI is InChI=1S/C9H4F13N/c10-4(11,2-1-3-23)5(12,13)6(14,15)7(16,17)8(18,19)9(20,21)22/h1-2H2. The van der Waals surface area contributed by atoms with Crippen LogP contribution in [0.5, 0.6) is 0 Å². The molecule has 136 valence electrons. The molecule has 0 rings (SSSR count). The van der Waals surface area contributed by atoms with Crippen molar-refractivity contribution in [2.24, 2.45) is 0 Å². The second-order valence-electron chi connectivity index (χ2n) is 4.16. The number of halogens is 13. The van der Waals surface area contributed by atoms with Gasteiger partial charge in [0, 0.05) is 12.8 Å². The summed E-state index contributed by atoms with van der Waals surface area (Å²) in [5.41, 5.74) is 0. The molecule has 0 aliphatic carbocycles. The van der Waals surface area contributed by atoms with Crippen LogP contribution >= 0.6 is 0 Å². The lowest BCUT2D eigenvalue weighted by Gasteiger charge is -2.39. The predicted octanol–water partition coefficient (Wildman–Crippen LogP) is 5.03. The highest BCUT2D eigenvalue weighted by atomic mass is 19.4. The van der Waals surface area contributed by atoms with Gasteiger partial charge in [0.2, 0.25) is 0 Å². The van der Waals surface area contributed by atoms with Gasteiger partial charge in [0.15, 0.2) is 0 Å². The summed E-state index contributed by atoms with van der Waals surface area (Å²) in [6.45, 7) is 0. The van der Waals surface area contributed by atoms with Gasteiger partial charge in [-0.2, -0.15) is 62.3 Å². The molecule has 0 heterocycles. The van der Waals surface area contributed by atoms with Gasteiger partial charge in [-0.15, -0.1) is 0 Å². The second kappa shape index (κ2) is 5.59. The Morgan fingerprint density at radius 3 is 1.22 bits per heavy atom. The molecular formula is C9H4F13N. The molecule has 0 aromatic heterocycles. The molecule has 0 saturated heterocycles. The third-order valence-corrected chi connectivity index (χ3v) is 2.55. The van der Waals surface area contributed by atoms with Gasteiger partial charge in [-0.3, -0.25) is 0 Å². The van der Waals surface area contributed by atoms with E-state index in [4.69, 9.17) is 5.26 Å². The molecular weight excluding hydrogens is 369 g/mol. The van der Waals surface area contributed by atoms with E-state index in [1.807, 2.05) is 0 Å². The van der Waals surface area contributed by atoms with Crippen molar-refractivity contribution in [2.75, 3.05) is 0 Å². The Morgan fingerprint density at radius 2 is 0.913 bits per heavy atom. The Hall–Kier alpha value is -1.42. The van der Waals surface area contributed by atoms with E-state index in [9.17, 15) is 57.1 Å². The minimum absolute atomic E-state index is 0.767. The molecule has 14 heteroatoms. The molecule has 0 unspecified atom stereocenters. The van der Waals surface area contributed by atoms with Crippen LogP contribution in [-0.4, -0.2) is 35.8 Å². The zero-order valence-corrected chi connectivity index (χ0v) is 10.3. The zero-order valence-electron chi connectivity index (χ0n) is 10.3. The van der Waals surface area contributed by atoms with Crippen molar-refractivity contribution in [2.45, 2.75) is 48.6 Å². The maximum Gasteiger partial charge on any atom is 0.460 e. The maximum absolute atomic E-state index is 12.9. The van der Waals surface area contributed by atoms with E-state index in [0.717, 1.165) is 6.07 Å². The van der Waals surface area contributed by atoms with Crippen molar-refractivity contribution in [1.82, 2.24) is 0 Å². The fraction of sp³-hybridized carbons (Fsp3) is 0.889. The van der Waals surface area contributed by atoms with E-state index in [2.05, 4.69) is 0 Å². The monoisotopic (exact) mass is 373 g/mol. The lowest BCUT2D eigenvalue weighted by atomic mass is 9.92. The molecule has 0 aromatic rings. The molecule has 0 fully saturated rings. The topological polar surface area (TPSA) is 23.8 Å². The molecule has 0 aliphatic rings. The third kappa shape index (κ3) is 3.01. The SMILES string of the molecule is N#CCCC(F)(F)C(F)(F)C(F)(F)C(F)(F)C(F)(F)C(F)(F)F. The van der Waals surface area contributed by atoms with Gasteiger partial charge < -0.3 is 0 Å². The molecule has 23 heavy (non-hydrogen) atoms. The van der Waals surface area contributed by atoms with Gasteiger partial charge >= 0.3 is 35.8 Å². The summed E-state index contributed by atoms with van der Waals surface area (Å²) in [7, 11) is 0. The maximum atomic E-state index is 12.9. The molecule has 0 saturated carbocycles. The Kier molecular flexibility index (Phi) is 5.24. The number of alkyl halides is 13. The quantitative estimate of drug-likeness (QED) is 0.600. The van der Waals surface area contributed by atoms with Crippen LogP contribution in [0, 0.1) is 11.3 Å². The van der Waals surface area contributed by atoms with Gasteiger partial charge in [-0.1, -0.05) is 0 Å². The van der Waals surface area contributed by atoms with E-state index >= 15 is 0 Å². The van der Waals surface area contributed by atoms with Crippen molar-refractivity contribution in [3.63, 3.8) is 0 Å². The molecule has 0 amide bonds. The first-order chi connectivity index (χ1) is 9.81. The summed E-state index contributed by atoms with van der Waals surface area (Å²) in [6.07, 6.45) is -11.5. The summed E-state index contributed by atoms with van der Waals surface area (Å²) in [4.78, 5) is 0. The predicted molar refractivity (Wildman–Crippen MR) is 45.6 cm³/mol. The van der Waals surface area contributed by atoms with Gasteiger partial charge in [0.1, 0.15) is 0 Å². The molecule has 1 nitrogen and oxygen atoms in total. The lowest BCUT2D eigenvalue weighted by Crippen LogP contribution is -2.70. The number of nitrogens with zero attached hydrogens (tertiary/aromatic N) is 1. The summed E-state index contributed by atoms with van der Waals surface area (Å²) in [6, 6.07) is 0.767. The van der Waals surface area contributed by atoms with E-state index < -0.39 is 48.6 Å². The first-order valence-corrected chi connectivity index (χ1v) is 5.14. The number of hydrogen-bond donors (Lipinski definition) is 0. The summed E-state index contributed by atoms with van der Waals surface area (Å²) in [5.74, 6) is -36.8. The highest BCUT2D eigenvalue weighted by molar-refractivity contribution is 5.10. The van der Waals surface area contributed by atoms with Crippen LogP contribution in [0.15, 0.2) is 0 Å². The van der Waals surface area contributed by atoms with Crippen molar-refractivity contribution in [3.8, 4) is 6.07 Å². The first-order valence-electron chi connectivity index (χ1n) is 5.14. The Morgan fingerprint density at radius 1 is 0.565 bits per heavy atom. The van der Waals surface area contributed by atoms with Crippen LogP contribution in [-0.2, 0) is 0 Å². The molecule has 0 atom stereocenters. The molecule has 0 bridgehead atoms. The molecule has 0 aliphatic heterocycles. The second-order valence-corrected chi connectivity index (χ2v) is 4.16. The van der Waals surface area contributed by atoms with Crippen LogP contribution < -0.4 is 0 Å². The van der Waals surface area contributed by atoms with Gasteiger partial charge in [0.05, 0.1) is 6.07 Å². The third-order valence-electron chi connectivity index (χ3n) is 2.55. The average molecular weight is 373 g/mol. The molecule has 0 radical (unpaired) electrons. The van der Waals surface area contributed by atoms with E-state index in [1.165, 1.54) is 0 Å². The number of hydrogen-bond acceptors (Lipinski definition) is 1. The zero-order chi connectivity index (χ0) is 19.1. The van der Waals surface area contributed by atoms with Crippen molar-refractivity contribution in [3.05, 3.63) is 0 Å². The highest BCUT2D eigenvalue weighted by Gasteiger charge is 2.90. The van der Waals surface area contributed by atoms with Gasteiger partial charge in [0.25, 0.3) is 0 Å². The van der Waals surface area contributed by atoms with Crippen molar-refractivity contribution in [1.29, 1.82) is 5.26 Å². The first kappa shape index (κ1) is 21.6. The Labute approximate surface area is 118 Å². The normalized spacial score (nSPS) is 15.5. The van der Waals surface area contributed by atoms with Crippen LogP contribution in [0.1, 0.15) is 12.8 Å².